The monoisotopic (exact) mass is 320 g/mol. The number of carbonyl (C=O) groups is 1. The number of anilines is 1. The van der Waals surface area contributed by atoms with Gasteiger partial charge in [-0.15, -0.1) is 0 Å². The molecule has 2 aromatic rings. The molecule has 0 bridgehead atoms. The summed E-state index contributed by atoms with van der Waals surface area (Å²) in [5.41, 5.74) is 12.8. The van der Waals surface area contributed by atoms with Crippen molar-refractivity contribution in [2.45, 2.75) is 6.61 Å². The summed E-state index contributed by atoms with van der Waals surface area (Å²) in [6, 6.07) is 12.4. The van der Waals surface area contributed by atoms with Gasteiger partial charge in [-0.05, 0) is 18.2 Å². The first-order chi connectivity index (χ1) is 9.06. The fourth-order valence-electron chi connectivity index (χ4n) is 1.72. The highest BCUT2D eigenvalue weighted by molar-refractivity contribution is 9.10. The van der Waals surface area contributed by atoms with Crippen molar-refractivity contribution in [3.63, 3.8) is 0 Å². The van der Waals surface area contributed by atoms with Crippen LogP contribution >= 0.6 is 15.9 Å². The lowest BCUT2D eigenvalue weighted by Gasteiger charge is -2.10. The zero-order valence-electron chi connectivity index (χ0n) is 10.1. The van der Waals surface area contributed by atoms with Crippen LogP contribution in [0.4, 0.5) is 5.69 Å². The molecule has 0 saturated heterocycles. The molecule has 4 nitrogen and oxygen atoms in total. The number of primary amides is 1. The number of ether oxygens (including phenoxy) is 1. The molecular formula is C14H13BrN2O2. The second kappa shape index (κ2) is 5.75. The lowest BCUT2D eigenvalue weighted by molar-refractivity contribution is 0.0998. The summed E-state index contributed by atoms with van der Waals surface area (Å²) in [7, 11) is 0. The molecule has 0 saturated carbocycles. The normalized spacial score (nSPS) is 10.2. The van der Waals surface area contributed by atoms with E-state index in [0.717, 1.165) is 10.0 Å². The summed E-state index contributed by atoms with van der Waals surface area (Å²) in [6.45, 7) is 0.259. The van der Waals surface area contributed by atoms with Crippen molar-refractivity contribution < 1.29 is 9.53 Å². The van der Waals surface area contributed by atoms with Crippen molar-refractivity contribution in [2.75, 3.05) is 5.73 Å². The number of hydrogen-bond donors (Lipinski definition) is 2. The van der Waals surface area contributed by atoms with E-state index >= 15 is 0 Å². The molecule has 0 radical (unpaired) electrons. The summed E-state index contributed by atoms with van der Waals surface area (Å²) in [6.07, 6.45) is 0. The molecule has 98 valence electrons. The minimum atomic E-state index is -0.465. The number of nitrogens with two attached hydrogens (primary N) is 2. The number of nitrogen functional groups attached to an aromatic ring is 1. The second-order valence-electron chi connectivity index (χ2n) is 4.03. The van der Waals surface area contributed by atoms with Gasteiger partial charge in [0.25, 0.3) is 0 Å². The molecule has 2 aromatic carbocycles. The number of halogens is 1. The van der Waals surface area contributed by atoms with Crippen molar-refractivity contribution in [3.8, 4) is 5.75 Å². The Kier molecular flexibility index (Phi) is 4.06. The number of carbonyl (C=O) groups excluding carboxylic acids is 1. The molecule has 0 aliphatic rings. The maximum Gasteiger partial charge on any atom is 0.249 e. The third-order valence-corrected chi connectivity index (χ3v) is 3.03. The third kappa shape index (κ3) is 3.48. The van der Waals surface area contributed by atoms with Crippen LogP contribution in [0.1, 0.15) is 15.9 Å². The average molecular weight is 321 g/mol. The smallest absolute Gasteiger partial charge is 0.249 e. The van der Waals surface area contributed by atoms with Gasteiger partial charge in [0.05, 0.1) is 0 Å². The zero-order chi connectivity index (χ0) is 13.8. The highest BCUT2D eigenvalue weighted by atomic mass is 79.9. The summed E-state index contributed by atoms with van der Waals surface area (Å²) in [5, 5.41) is 0. The van der Waals surface area contributed by atoms with E-state index in [1.807, 2.05) is 12.1 Å². The van der Waals surface area contributed by atoms with Gasteiger partial charge in [-0.2, -0.15) is 0 Å². The summed E-state index contributed by atoms with van der Waals surface area (Å²) < 4.78 is 6.47. The molecule has 0 unspecified atom stereocenters. The Morgan fingerprint density at radius 2 is 1.95 bits per heavy atom. The van der Waals surface area contributed by atoms with E-state index in [0.29, 0.717) is 17.0 Å². The van der Waals surface area contributed by atoms with E-state index in [1.54, 1.807) is 30.3 Å². The van der Waals surface area contributed by atoms with Gasteiger partial charge in [0.2, 0.25) is 5.91 Å². The molecular weight excluding hydrogens is 308 g/mol. The van der Waals surface area contributed by atoms with E-state index in [-0.39, 0.29) is 6.61 Å². The Morgan fingerprint density at radius 3 is 2.63 bits per heavy atom. The minimum Gasteiger partial charge on any atom is -0.489 e. The van der Waals surface area contributed by atoms with E-state index < -0.39 is 5.91 Å². The second-order valence-corrected chi connectivity index (χ2v) is 4.95. The van der Waals surface area contributed by atoms with E-state index in [9.17, 15) is 4.79 Å². The molecule has 4 N–H and O–H groups in total. The molecule has 0 aliphatic heterocycles. The molecule has 0 heterocycles. The fraction of sp³-hybridized carbons (Fsp3) is 0.0714. The number of hydrogen-bond acceptors (Lipinski definition) is 3. The van der Waals surface area contributed by atoms with Gasteiger partial charge in [-0.3, -0.25) is 4.79 Å². The first-order valence-corrected chi connectivity index (χ1v) is 6.42. The molecule has 0 atom stereocenters. The highest BCUT2D eigenvalue weighted by Gasteiger charge is 2.08. The Morgan fingerprint density at radius 1 is 1.21 bits per heavy atom. The molecule has 19 heavy (non-hydrogen) atoms. The third-order valence-electron chi connectivity index (χ3n) is 2.57. The van der Waals surface area contributed by atoms with Crippen molar-refractivity contribution in [1.29, 1.82) is 0 Å². The first kappa shape index (κ1) is 13.4. The van der Waals surface area contributed by atoms with Crippen molar-refractivity contribution in [2.24, 2.45) is 5.73 Å². The maximum absolute atomic E-state index is 11.3. The van der Waals surface area contributed by atoms with E-state index in [1.165, 1.54) is 0 Å². The molecule has 0 aliphatic carbocycles. The van der Waals surface area contributed by atoms with Crippen LogP contribution in [0, 0.1) is 0 Å². The molecule has 1 amide bonds. The molecule has 0 spiro atoms. The maximum atomic E-state index is 11.3. The predicted molar refractivity (Wildman–Crippen MR) is 77.8 cm³/mol. The van der Waals surface area contributed by atoms with Gasteiger partial charge in [-0.25, -0.2) is 0 Å². The fourth-order valence-corrected chi connectivity index (χ4v) is 2.21. The summed E-state index contributed by atoms with van der Waals surface area (Å²) in [4.78, 5) is 11.3. The molecule has 0 fully saturated rings. The lowest BCUT2D eigenvalue weighted by Crippen LogP contribution is -2.14. The molecule has 5 heteroatoms. The van der Waals surface area contributed by atoms with Gasteiger partial charge < -0.3 is 16.2 Å². The predicted octanol–water partition coefficient (Wildman–Crippen LogP) is 2.71. The number of rotatable bonds is 4. The quantitative estimate of drug-likeness (QED) is 0.850. The van der Waals surface area contributed by atoms with Crippen LogP contribution in [0.3, 0.4) is 0 Å². The van der Waals surface area contributed by atoms with Crippen LogP contribution < -0.4 is 16.2 Å². The van der Waals surface area contributed by atoms with Gasteiger partial charge in [0, 0.05) is 27.4 Å². The molecule has 0 aromatic heterocycles. The van der Waals surface area contributed by atoms with Crippen LogP contribution in [-0.4, -0.2) is 5.91 Å². The summed E-state index contributed by atoms with van der Waals surface area (Å²) >= 11 is 3.34. The van der Waals surface area contributed by atoms with Crippen LogP contribution in [-0.2, 0) is 6.61 Å². The van der Waals surface area contributed by atoms with Gasteiger partial charge in [0.1, 0.15) is 12.4 Å². The number of benzene rings is 2. The van der Waals surface area contributed by atoms with Crippen molar-refractivity contribution in [1.82, 2.24) is 0 Å². The van der Waals surface area contributed by atoms with E-state index in [2.05, 4.69) is 15.9 Å². The SMILES string of the molecule is NC(=O)c1ccccc1COc1cc(N)cc(Br)c1. The zero-order valence-corrected chi connectivity index (χ0v) is 11.7. The lowest BCUT2D eigenvalue weighted by atomic mass is 10.1. The van der Waals surface area contributed by atoms with Crippen molar-refractivity contribution in [3.05, 3.63) is 58.1 Å². The van der Waals surface area contributed by atoms with Crippen LogP contribution in [0.2, 0.25) is 0 Å². The Labute approximate surface area is 119 Å². The molecule has 2 rings (SSSR count). The van der Waals surface area contributed by atoms with Crippen molar-refractivity contribution >= 4 is 27.5 Å². The van der Waals surface area contributed by atoms with Crippen LogP contribution in [0.15, 0.2) is 46.9 Å². The average Bonchev–Trinajstić information content (AvgIpc) is 2.35. The van der Waals surface area contributed by atoms with Gasteiger partial charge >= 0.3 is 0 Å². The standard InChI is InChI=1S/C14H13BrN2O2/c15-10-5-11(16)7-12(6-10)19-8-9-3-1-2-4-13(9)14(17)18/h1-7H,8,16H2,(H2,17,18). The largest absolute Gasteiger partial charge is 0.489 e. The summed E-state index contributed by atoms with van der Waals surface area (Å²) in [5.74, 6) is 0.166. The van der Waals surface area contributed by atoms with E-state index in [4.69, 9.17) is 16.2 Å². The van der Waals surface area contributed by atoms with Gasteiger partial charge in [0.15, 0.2) is 0 Å². The Hall–Kier alpha value is -2.01. The van der Waals surface area contributed by atoms with Crippen LogP contribution in [0.25, 0.3) is 0 Å². The number of amides is 1. The highest BCUT2D eigenvalue weighted by Crippen LogP contribution is 2.24. The Balaban J connectivity index is 2.16. The van der Waals surface area contributed by atoms with Crippen LogP contribution in [0.5, 0.6) is 5.75 Å². The first-order valence-electron chi connectivity index (χ1n) is 5.63. The van der Waals surface area contributed by atoms with Gasteiger partial charge in [-0.1, -0.05) is 34.1 Å². The minimum absolute atomic E-state index is 0.259. The topological polar surface area (TPSA) is 78.3 Å². The Bertz CT molecular complexity index is 594.